The van der Waals surface area contributed by atoms with Gasteiger partial charge in [-0.3, -0.25) is 9.36 Å². The van der Waals surface area contributed by atoms with Crippen molar-refractivity contribution in [2.24, 2.45) is 0 Å². The van der Waals surface area contributed by atoms with Crippen LogP contribution in [0.1, 0.15) is 16.1 Å². The van der Waals surface area contributed by atoms with E-state index in [9.17, 15) is 18.0 Å². The van der Waals surface area contributed by atoms with Crippen molar-refractivity contribution in [2.75, 3.05) is 24.7 Å². The fraction of sp³-hybridized carbons (Fsp3) is 0.167. The summed E-state index contributed by atoms with van der Waals surface area (Å²) in [5, 5.41) is 0.269. The molecule has 2 N–H and O–H groups in total. The molecule has 25 heavy (non-hydrogen) atoms. The van der Waals surface area contributed by atoms with Crippen molar-refractivity contribution in [3.8, 4) is 0 Å². The minimum atomic E-state index is -4.66. The van der Waals surface area contributed by atoms with E-state index in [1.54, 1.807) is 12.1 Å². The largest absolute Gasteiger partial charge is 0.431 e. The van der Waals surface area contributed by atoms with E-state index in [0.29, 0.717) is 10.3 Å². The van der Waals surface area contributed by atoms with Crippen molar-refractivity contribution in [3.63, 3.8) is 0 Å². The van der Waals surface area contributed by atoms with Crippen molar-refractivity contribution in [3.05, 3.63) is 59.8 Å². The predicted octanol–water partition coefficient (Wildman–Crippen LogP) is 4.00. The number of nitrogen functional groups attached to an aromatic ring is 1. The third kappa shape index (κ3) is 3.05. The van der Waals surface area contributed by atoms with Gasteiger partial charge in [-0.05, 0) is 48.5 Å². The predicted molar refractivity (Wildman–Crippen MR) is 91.8 cm³/mol. The number of hydrogen-bond acceptors (Lipinski definition) is 3. The topological polar surface area (TPSA) is 51.3 Å². The number of hydrogen-bond donors (Lipinski definition) is 1. The van der Waals surface area contributed by atoms with Crippen LogP contribution in [-0.2, 0) is 6.18 Å². The normalized spacial score (nSPS) is 11.7. The number of aromatic nitrogens is 1. The molecule has 0 saturated carbocycles. The number of halogens is 3. The number of rotatable bonds is 2. The quantitative estimate of drug-likeness (QED) is 0.713. The van der Waals surface area contributed by atoms with Gasteiger partial charge in [-0.2, -0.15) is 13.2 Å². The monoisotopic (exact) mass is 347 g/mol. The highest BCUT2D eigenvalue weighted by Crippen LogP contribution is 2.35. The maximum Gasteiger partial charge on any atom is 0.431 e. The van der Waals surface area contributed by atoms with E-state index in [1.807, 2.05) is 19.0 Å². The Hall–Kier alpha value is -2.96. The highest BCUT2D eigenvalue weighted by atomic mass is 19.4. The molecule has 0 bridgehead atoms. The molecule has 3 aromatic rings. The summed E-state index contributed by atoms with van der Waals surface area (Å²) in [6.07, 6.45) is -4.66. The Balaban J connectivity index is 2.17. The number of carbonyl (C=O) groups excluding carboxylic acids is 1. The molecule has 0 amide bonds. The van der Waals surface area contributed by atoms with Gasteiger partial charge in [0.05, 0.1) is 5.52 Å². The Kier molecular flexibility index (Phi) is 3.94. The number of anilines is 2. The molecule has 1 aromatic heterocycles. The van der Waals surface area contributed by atoms with Crippen LogP contribution in [0.5, 0.6) is 0 Å². The van der Waals surface area contributed by atoms with Gasteiger partial charge in [0.2, 0.25) is 0 Å². The molecule has 0 aliphatic carbocycles. The van der Waals surface area contributed by atoms with Gasteiger partial charge in [0, 0.05) is 36.4 Å². The minimum Gasteiger partial charge on any atom is -0.399 e. The summed E-state index contributed by atoms with van der Waals surface area (Å²) in [5.74, 6) is -0.739. The SMILES string of the molecule is CN(C)c1ccc(C(=O)n2c(C(F)(F)F)cc3cc(N)ccc32)cc1. The van der Waals surface area contributed by atoms with Crippen molar-refractivity contribution >= 4 is 28.2 Å². The van der Waals surface area contributed by atoms with Gasteiger partial charge in [-0.25, -0.2) is 0 Å². The van der Waals surface area contributed by atoms with E-state index in [1.165, 1.54) is 30.3 Å². The van der Waals surface area contributed by atoms with Gasteiger partial charge >= 0.3 is 6.18 Å². The van der Waals surface area contributed by atoms with Crippen LogP contribution in [-0.4, -0.2) is 24.6 Å². The Morgan fingerprint density at radius 3 is 2.24 bits per heavy atom. The Morgan fingerprint density at radius 2 is 1.68 bits per heavy atom. The molecule has 0 fully saturated rings. The molecule has 3 rings (SSSR count). The van der Waals surface area contributed by atoms with Crippen LogP contribution in [0.15, 0.2) is 48.5 Å². The molecule has 0 radical (unpaired) electrons. The molecule has 130 valence electrons. The van der Waals surface area contributed by atoms with Crippen molar-refractivity contribution in [2.45, 2.75) is 6.18 Å². The zero-order chi connectivity index (χ0) is 18.4. The fourth-order valence-corrected chi connectivity index (χ4v) is 2.69. The maximum absolute atomic E-state index is 13.4. The second kappa shape index (κ2) is 5.84. The smallest absolute Gasteiger partial charge is 0.399 e. The molecule has 0 unspecified atom stereocenters. The third-order valence-electron chi connectivity index (χ3n) is 3.95. The van der Waals surface area contributed by atoms with Crippen molar-refractivity contribution in [1.82, 2.24) is 4.57 Å². The Morgan fingerprint density at radius 1 is 1.04 bits per heavy atom. The van der Waals surface area contributed by atoms with Gasteiger partial charge in [-0.15, -0.1) is 0 Å². The molecule has 2 aromatic carbocycles. The lowest BCUT2D eigenvalue weighted by Gasteiger charge is -2.14. The first kappa shape index (κ1) is 16.9. The van der Waals surface area contributed by atoms with E-state index in [0.717, 1.165) is 11.8 Å². The highest BCUT2D eigenvalue weighted by Gasteiger charge is 2.37. The minimum absolute atomic E-state index is 0.170. The maximum atomic E-state index is 13.4. The first-order valence-electron chi connectivity index (χ1n) is 7.49. The van der Waals surface area contributed by atoms with Gasteiger partial charge in [0.25, 0.3) is 5.91 Å². The van der Waals surface area contributed by atoms with Crippen LogP contribution >= 0.6 is 0 Å². The zero-order valence-electron chi connectivity index (χ0n) is 13.6. The molecule has 7 heteroatoms. The average Bonchev–Trinajstić information content (AvgIpc) is 2.93. The van der Waals surface area contributed by atoms with E-state index in [2.05, 4.69) is 0 Å². The molecular weight excluding hydrogens is 331 g/mol. The first-order valence-corrected chi connectivity index (χ1v) is 7.49. The van der Waals surface area contributed by atoms with Gasteiger partial charge in [0.15, 0.2) is 0 Å². The van der Waals surface area contributed by atoms with E-state index < -0.39 is 17.8 Å². The van der Waals surface area contributed by atoms with Crippen LogP contribution in [0.25, 0.3) is 10.9 Å². The van der Waals surface area contributed by atoms with E-state index >= 15 is 0 Å². The summed E-state index contributed by atoms with van der Waals surface area (Å²) >= 11 is 0. The van der Waals surface area contributed by atoms with Gasteiger partial charge in [-0.1, -0.05) is 0 Å². The third-order valence-corrected chi connectivity index (χ3v) is 3.95. The molecule has 1 heterocycles. The second-order valence-corrected chi connectivity index (χ2v) is 5.93. The molecule has 0 saturated heterocycles. The van der Waals surface area contributed by atoms with Crippen molar-refractivity contribution in [1.29, 1.82) is 0 Å². The summed E-state index contributed by atoms with van der Waals surface area (Å²) < 4.78 is 41.0. The van der Waals surface area contributed by atoms with Crippen molar-refractivity contribution < 1.29 is 18.0 Å². The Labute approximate surface area is 142 Å². The number of nitrogens with zero attached hydrogens (tertiary/aromatic N) is 2. The average molecular weight is 347 g/mol. The molecule has 0 aliphatic heterocycles. The lowest BCUT2D eigenvalue weighted by molar-refractivity contribution is -0.142. The highest BCUT2D eigenvalue weighted by molar-refractivity contribution is 6.03. The van der Waals surface area contributed by atoms with Crippen LogP contribution in [0.2, 0.25) is 0 Å². The molecule has 0 atom stereocenters. The van der Waals surface area contributed by atoms with Gasteiger partial charge < -0.3 is 10.6 Å². The van der Waals surface area contributed by atoms with E-state index in [-0.39, 0.29) is 16.5 Å². The lowest BCUT2D eigenvalue weighted by atomic mass is 10.1. The molecule has 0 aliphatic rings. The molecular formula is C18H16F3N3O. The zero-order valence-corrected chi connectivity index (χ0v) is 13.6. The summed E-state index contributed by atoms with van der Waals surface area (Å²) in [7, 11) is 3.67. The summed E-state index contributed by atoms with van der Waals surface area (Å²) in [4.78, 5) is 14.6. The summed E-state index contributed by atoms with van der Waals surface area (Å²) in [6.45, 7) is 0. The number of carbonyl (C=O) groups is 1. The summed E-state index contributed by atoms with van der Waals surface area (Å²) in [5.41, 5.74) is 6.15. The number of fused-ring (bicyclic) bond motifs is 1. The second-order valence-electron chi connectivity index (χ2n) is 5.93. The van der Waals surface area contributed by atoms with Crippen LogP contribution in [0.4, 0.5) is 24.5 Å². The standard InChI is InChI=1S/C18H16F3N3O/c1-23(2)14-6-3-11(4-7-14)17(25)24-15-8-5-13(22)9-12(15)10-16(24)18(19,20)21/h3-10H,22H2,1-2H3. The summed E-state index contributed by atoms with van der Waals surface area (Å²) in [6, 6.07) is 11.7. The number of nitrogens with two attached hydrogens (primary N) is 1. The van der Waals surface area contributed by atoms with Crippen LogP contribution in [0, 0.1) is 0 Å². The van der Waals surface area contributed by atoms with Crippen LogP contribution in [0.3, 0.4) is 0 Å². The van der Waals surface area contributed by atoms with E-state index in [4.69, 9.17) is 5.73 Å². The Bertz CT molecular complexity index is 941. The number of benzene rings is 2. The van der Waals surface area contributed by atoms with Gasteiger partial charge in [0.1, 0.15) is 5.69 Å². The molecule has 0 spiro atoms. The van der Waals surface area contributed by atoms with Crippen LogP contribution < -0.4 is 10.6 Å². The first-order chi connectivity index (χ1) is 11.7. The fourth-order valence-electron chi connectivity index (χ4n) is 2.69. The molecule has 4 nitrogen and oxygen atoms in total. The number of alkyl halides is 3. The lowest BCUT2D eigenvalue weighted by Crippen LogP contribution is -2.20.